The van der Waals surface area contributed by atoms with E-state index in [0.29, 0.717) is 11.8 Å². The normalized spacial score (nSPS) is 23.3. The molecule has 43 heavy (non-hydrogen) atoms. The molecule has 2 fully saturated rings. The Morgan fingerprint density at radius 2 is 1.70 bits per heavy atom. The monoisotopic (exact) mass is 611 g/mol. The van der Waals surface area contributed by atoms with Crippen LogP contribution in [0, 0.1) is 17.8 Å². The maximum atomic E-state index is 11.6. The SMILES string of the molecule is C[C@@H]1C(C2CCN(CCc3ccccc3)CC2)C[C@@H](n2cc(-c3nc(Cc4ccccc4)cs3)c3cnc(Cl)nc32)[C@@H]1O. The number of halogens is 1. The fourth-order valence-electron chi connectivity index (χ4n) is 7.42. The van der Waals surface area contributed by atoms with Gasteiger partial charge in [-0.2, -0.15) is 4.98 Å². The van der Waals surface area contributed by atoms with E-state index >= 15 is 0 Å². The third-order valence-corrected chi connectivity index (χ3v) is 10.9. The fourth-order valence-corrected chi connectivity index (χ4v) is 8.39. The van der Waals surface area contributed by atoms with Crippen LogP contribution < -0.4 is 0 Å². The molecule has 7 rings (SSSR count). The van der Waals surface area contributed by atoms with Crippen molar-refractivity contribution in [3.8, 4) is 10.6 Å². The molecule has 1 unspecified atom stereocenters. The van der Waals surface area contributed by atoms with Gasteiger partial charge in [-0.05, 0) is 79.3 Å². The molecule has 1 aliphatic heterocycles. The van der Waals surface area contributed by atoms with Gasteiger partial charge in [-0.15, -0.1) is 11.3 Å². The lowest BCUT2D eigenvalue weighted by Crippen LogP contribution is -2.38. The summed E-state index contributed by atoms with van der Waals surface area (Å²) in [6, 6.07) is 21.2. The van der Waals surface area contributed by atoms with Gasteiger partial charge in [0.25, 0.3) is 0 Å². The summed E-state index contributed by atoms with van der Waals surface area (Å²) >= 11 is 7.97. The molecule has 0 amide bonds. The number of rotatable bonds is 8. The van der Waals surface area contributed by atoms with Gasteiger partial charge in [-0.25, -0.2) is 9.97 Å². The number of benzene rings is 2. The Bertz CT molecular complexity index is 1660. The summed E-state index contributed by atoms with van der Waals surface area (Å²) < 4.78 is 2.17. The Hall–Kier alpha value is -3.10. The Morgan fingerprint density at radius 3 is 2.44 bits per heavy atom. The van der Waals surface area contributed by atoms with Gasteiger partial charge in [0.2, 0.25) is 5.28 Å². The molecule has 1 saturated carbocycles. The number of fused-ring (bicyclic) bond motifs is 1. The van der Waals surface area contributed by atoms with E-state index in [2.05, 4.69) is 92.5 Å². The molecular formula is C35H38ClN5OS. The van der Waals surface area contributed by atoms with E-state index in [4.69, 9.17) is 16.6 Å². The van der Waals surface area contributed by atoms with Gasteiger partial charge in [0.05, 0.1) is 17.8 Å². The predicted octanol–water partition coefficient (Wildman–Crippen LogP) is 7.31. The fraction of sp³-hybridized carbons (Fsp3) is 0.400. The quantitative estimate of drug-likeness (QED) is 0.186. The van der Waals surface area contributed by atoms with E-state index < -0.39 is 6.10 Å². The average Bonchev–Trinajstić information content (AvgIpc) is 3.73. The molecule has 0 spiro atoms. The summed E-state index contributed by atoms with van der Waals surface area (Å²) in [7, 11) is 0. The maximum absolute atomic E-state index is 11.6. The largest absolute Gasteiger partial charge is 0.391 e. The lowest BCUT2D eigenvalue weighted by atomic mass is 9.78. The highest BCUT2D eigenvalue weighted by Crippen LogP contribution is 2.48. The van der Waals surface area contributed by atoms with Crippen molar-refractivity contribution in [2.24, 2.45) is 17.8 Å². The Labute approximate surface area is 262 Å². The second-order valence-electron chi connectivity index (χ2n) is 12.4. The third kappa shape index (κ3) is 6.01. The van der Waals surface area contributed by atoms with Gasteiger partial charge in [-0.1, -0.05) is 67.6 Å². The first-order valence-electron chi connectivity index (χ1n) is 15.5. The van der Waals surface area contributed by atoms with Gasteiger partial charge in [-0.3, -0.25) is 0 Å². The lowest BCUT2D eigenvalue weighted by Gasteiger charge is -2.36. The van der Waals surface area contributed by atoms with E-state index in [1.165, 1.54) is 24.0 Å². The summed E-state index contributed by atoms with van der Waals surface area (Å²) in [5.41, 5.74) is 5.49. The van der Waals surface area contributed by atoms with Crippen LogP contribution in [0.4, 0.5) is 0 Å². The first-order chi connectivity index (χ1) is 21.0. The molecule has 8 heteroatoms. The molecule has 222 valence electrons. The van der Waals surface area contributed by atoms with Crippen molar-refractivity contribution in [3.63, 3.8) is 0 Å². The zero-order chi connectivity index (χ0) is 29.3. The van der Waals surface area contributed by atoms with Gasteiger partial charge in [0, 0.05) is 41.7 Å². The number of thiazole rings is 1. The number of piperidine rings is 1. The van der Waals surface area contributed by atoms with Crippen LogP contribution in [0.3, 0.4) is 0 Å². The predicted molar refractivity (Wildman–Crippen MR) is 175 cm³/mol. The van der Waals surface area contributed by atoms with Crippen LogP contribution >= 0.6 is 22.9 Å². The molecule has 2 aliphatic rings. The molecule has 5 aromatic rings. The first-order valence-corrected chi connectivity index (χ1v) is 16.8. The van der Waals surface area contributed by atoms with Gasteiger partial charge < -0.3 is 14.6 Å². The lowest BCUT2D eigenvalue weighted by molar-refractivity contribution is 0.0755. The molecular weight excluding hydrogens is 574 g/mol. The van der Waals surface area contributed by atoms with Crippen molar-refractivity contribution >= 4 is 34.0 Å². The average molecular weight is 612 g/mol. The molecule has 4 atom stereocenters. The second kappa shape index (κ2) is 12.5. The van der Waals surface area contributed by atoms with Crippen LogP contribution in [-0.2, 0) is 12.8 Å². The van der Waals surface area contributed by atoms with Crippen molar-refractivity contribution in [3.05, 3.63) is 101 Å². The minimum absolute atomic E-state index is 0.0536. The van der Waals surface area contributed by atoms with Crippen molar-refractivity contribution in [1.82, 2.24) is 24.4 Å². The summed E-state index contributed by atoms with van der Waals surface area (Å²) in [6.45, 7) is 5.62. The van der Waals surface area contributed by atoms with Crippen molar-refractivity contribution in [1.29, 1.82) is 0 Å². The number of aliphatic hydroxyl groups excluding tert-OH is 1. The second-order valence-corrected chi connectivity index (χ2v) is 13.6. The molecule has 1 saturated heterocycles. The third-order valence-electron chi connectivity index (χ3n) is 9.83. The number of hydrogen-bond acceptors (Lipinski definition) is 6. The Balaban J connectivity index is 1.08. The van der Waals surface area contributed by atoms with Gasteiger partial charge in [0.1, 0.15) is 10.7 Å². The van der Waals surface area contributed by atoms with E-state index in [-0.39, 0.29) is 17.2 Å². The van der Waals surface area contributed by atoms with Crippen LogP contribution in [0.15, 0.2) is 78.4 Å². The number of hydrogen-bond donors (Lipinski definition) is 1. The van der Waals surface area contributed by atoms with Crippen LogP contribution in [0.25, 0.3) is 21.6 Å². The highest BCUT2D eigenvalue weighted by molar-refractivity contribution is 7.13. The summed E-state index contributed by atoms with van der Waals surface area (Å²) in [5, 5.41) is 15.9. The number of aromatic nitrogens is 4. The highest BCUT2D eigenvalue weighted by atomic mass is 35.5. The minimum Gasteiger partial charge on any atom is -0.391 e. The Morgan fingerprint density at radius 1 is 0.977 bits per heavy atom. The van der Waals surface area contributed by atoms with Crippen LogP contribution in [0.5, 0.6) is 0 Å². The molecule has 0 radical (unpaired) electrons. The minimum atomic E-state index is -0.441. The van der Waals surface area contributed by atoms with Crippen LogP contribution in [-0.4, -0.2) is 55.3 Å². The molecule has 3 aromatic heterocycles. The van der Waals surface area contributed by atoms with Gasteiger partial charge in [0.15, 0.2) is 0 Å². The highest BCUT2D eigenvalue weighted by Gasteiger charge is 2.45. The molecule has 6 nitrogen and oxygen atoms in total. The van der Waals surface area contributed by atoms with Gasteiger partial charge >= 0.3 is 0 Å². The molecule has 4 heterocycles. The number of aliphatic hydroxyl groups is 1. The number of nitrogens with zero attached hydrogens (tertiary/aromatic N) is 5. The summed E-state index contributed by atoms with van der Waals surface area (Å²) in [6.07, 6.45) is 8.73. The number of likely N-dealkylation sites (tertiary alicyclic amines) is 1. The molecule has 1 N–H and O–H groups in total. The smallest absolute Gasteiger partial charge is 0.224 e. The zero-order valence-corrected chi connectivity index (χ0v) is 26.1. The summed E-state index contributed by atoms with van der Waals surface area (Å²) in [5.74, 6) is 1.33. The first kappa shape index (κ1) is 28.7. The maximum Gasteiger partial charge on any atom is 0.224 e. The van der Waals surface area contributed by atoms with E-state index in [1.54, 1.807) is 11.3 Å². The molecule has 0 bridgehead atoms. The summed E-state index contributed by atoms with van der Waals surface area (Å²) in [4.78, 5) is 16.6. The molecule has 2 aromatic carbocycles. The van der Waals surface area contributed by atoms with E-state index in [0.717, 1.165) is 66.2 Å². The Kier molecular flexibility index (Phi) is 8.32. The van der Waals surface area contributed by atoms with Crippen LogP contribution in [0.1, 0.15) is 49.0 Å². The standard InChI is InChI=1S/C35H38ClN5OS/c1-23-28(26-13-16-40(17-14-26)15-12-24-8-4-2-5-9-24)19-31(32(23)42)41-21-30(29-20-37-35(36)39-33(29)41)34-38-27(22-43-34)18-25-10-6-3-7-11-25/h2-11,20-23,26,28,31-32,42H,12-19H2,1H3/t23-,28?,31-,32-/m1/s1. The van der Waals surface area contributed by atoms with Crippen molar-refractivity contribution in [2.45, 2.75) is 51.2 Å². The van der Waals surface area contributed by atoms with Crippen LogP contribution in [0.2, 0.25) is 5.28 Å². The van der Waals surface area contributed by atoms with Crippen molar-refractivity contribution < 1.29 is 5.11 Å². The topological polar surface area (TPSA) is 67.1 Å². The molecule has 1 aliphatic carbocycles. The van der Waals surface area contributed by atoms with E-state index in [9.17, 15) is 5.11 Å². The zero-order valence-electron chi connectivity index (χ0n) is 24.5. The van der Waals surface area contributed by atoms with E-state index in [1.807, 2.05) is 12.3 Å². The van der Waals surface area contributed by atoms with Crippen molar-refractivity contribution in [2.75, 3.05) is 19.6 Å².